The monoisotopic (exact) mass is 327 g/mol. The van der Waals surface area contributed by atoms with Crippen LogP contribution in [0.4, 0.5) is 0 Å². The van der Waals surface area contributed by atoms with Crippen LogP contribution < -0.4 is 4.74 Å². The summed E-state index contributed by atoms with van der Waals surface area (Å²) in [6.07, 6.45) is 4.98. The third-order valence-electron chi connectivity index (χ3n) is 5.03. The molecular weight excluding hydrogens is 302 g/mol. The van der Waals surface area contributed by atoms with Crippen LogP contribution in [0.1, 0.15) is 37.7 Å². The number of nitrogens with zero attached hydrogens (tertiary/aromatic N) is 1. The maximum Gasteiger partial charge on any atom is 0.304 e. The molecular formula is C20H25NO3. The van der Waals surface area contributed by atoms with Gasteiger partial charge in [0.05, 0.1) is 13.5 Å². The van der Waals surface area contributed by atoms with Gasteiger partial charge in [0.2, 0.25) is 0 Å². The molecule has 3 rings (SSSR count). The van der Waals surface area contributed by atoms with E-state index in [4.69, 9.17) is 9.84 Å². The molecule has 0 atom stereocenters. The fourth-order valence-corrected chi connectivity index (χ4v) is 3.77. The molecule has 4 nitrogen and oxygen atoms in total. The van der Waals surface area contributed by atoms with E-state index in [-0.39, 0.29) is 6.42 Å². The van der Waals surface area contributed by atoms with Crippen LogP contribution in [0.25, 0.3) is 10.8 Å². The molecule has 24 heavy (non-hydrogen) atoms. The van der Waals surface area contributed by atoms with Crippen LogP contribution in [0.5, 0.6) is 5.75 Å². The lowest BCUT2D eigenvalue weighted by atomic mass is 10.0. The van der Waals surface area contributed by atoms with Crippen molar-refractivity contribution in [1.29, 1.82) is 0 Å². The molecule has 0 saturated heterocycles. The molecule has 0 amide bonds. The van der Waals surface area contributed by atoms with E-state index in [0.29, 0.717) is 12.6 Å². The lowest BCUT2D eigenvalue weighted by Crippen LogP contribution is -2.34. The number of hydrogen-bond acceptors (Lipinski definition) is 3. The summed E-state index contributed by atoms with van der Waals surface area (Å²) in [7, 11) is 1.70. The van der Waals surface area contributed by atoms with Gasteiger partial charge in [0.25, 0.3) is 0 Å². The van der Waals surface area contributed by atoms with Crippen molar-refractivity contribution in [2.75, 3.05) is 13.7 Å². The number of methoxy groups -OCH3 is 1. The first kappa shape index (κ1) is 16.8. The van der Waals surface area contributed by atoms with Crippen LogP contribution in [0.2, 0.25) is 0 Å². The van der Waals surface area contributed by atoms with Gasteiger partial charge in [-0.25, -0.2) is 0 Å². The lowest BCUT2D eigenvalue weighted by molar-refractivity contribution is -0.137. The molecule has 0 radical (unpaired) electrons. The minimum atomic E-state index is -0.733. The van der Waals surface area contributed by atoms with E-state index in [2.05, 4.69) is 23.1 Å². The Morgan fingerprint density at radius 2 is 1.96 bits per heavy atom. The number of hydrogen-bond donors (Lipinski definition) is 1. The molecule has 1 N–H and O–H groups in total. The molecule has 0 spiro atoms. The number of carbonyl (C=O) groups is 1. The fourth-order valence-electron chi connectivity index (χ4n) is 3.77. The smallest absolute Gasteiger partial charge is 0.304 e. The van der Waals surface area contributed by atoms with Crippen LogP contribution in [-0.2, 0) is 11.3 Å². The van der Waals surface area contributed by atoms with Gasteiger partial charge in [0, 0.05) is 24.7 Å². The van der Waals surface area contributed by atoms with Gasteiger partial charge in [-0.15, -0.1) is 0 Å². The molecule has 1 saturated carbocycles. The molecule has 0 bridgehead atoms. The fraction of sp³-hybridized carbons (Fsp3) is 0.450. The van der Waals surface area contributed by atoms with E-state index in [1.54, 1.807) is 7.11 Å². The Kier molecular flexibility index (Phi) is 5.36. The summed E-state index contributed by atoms with van der Waals surface area (Å²) in [5.41, 5.74) is 1.16. The number of fused-ring (bicyclic) bond motifs is 1. The maximum atomic E-state index is 11.1. The largest absolute Gasteiger partial charge is 0.496 e. The predicted molar refractivity (Wildman–Crippen MR) is 95.4 cm³/mol. The minimum Gasteiger partial charge on any atom is -0.496 e. The molecule has 0 heterocycles. The first-order chi connectivity index (χ1) is 11.7. The average Bonchev–Trinajstić information content (AvgIpc) is 3.12. The van der Waals surface area contributed by atoms with Crippen molar-refractivity contribution in [2.24, 2.45) is 0 Å². The van der Waals surface area contributed by atoms with Gasteiger partial charge in [-0.05, 0) is 29.7 Å². The molecule has 1 aliphatic carbocycles. The van der Waals surface area contributed by atoms with Gasteiger partial charge >= 0.3 is 5.97 Å². The van der Waals surface area contributed by atoms with Crippen LogP contribution in [-0.4, -0.2) is 35.7 Å². The van der Waals surface area contributed by atoms with Crippen LogP contribution in [0.3, 0.4) is 0 Å². The first-order valence-electron chi connectivity index (χ1n) is 8.69. The molecule has 2 aromatic carbocycles. The molecule has 1 fully saturated rings. The van der Waals surface area contributed by atoms with Gasteiger partial charge < -0.3 is 9.84 Å². The molecule has 0 aliphatic heterocycles. The van der Waals surface area contributed by atoms with Crippen molar-refractivity contribution in [3.8, 4) is 5.75 Å². The van der Waals surface area contributed by atoms with Crippen molar-refractivity contribution in [1.82, 2.24) is 4.90 Å². The second kappa shape index (κ2) is 7.67. The highest BCUT2D eigenvalue weighted by Gasteiger charge is 2.24. The van der Waals surface area contributed by atoms with Gasteiger partial charge in [-0.1, -0.05) is 43.2 Å². The van der Waals surface area contributed by atoms with Crippen LogP contribution in [0, 0.1) is 0 Å². The zero-order chi connectivity index (χ0) is 16.9. The van der Waals surface area contributed by atoms with Crippen molar-refractivity contribution >= 4 is 16.7 Å². The molecule has 0 unspecified atom stereocenters. The zero-order valence-electron chi connectivity index (χ0n) is 14.2. The van der Waals surface area contributed by atoms with E-state index >= 15 is 0 Å². The topological polar surface area (TPSA) is 49.8 Å². The lowest BCUT2D eigenvalue weighted by Gasteiger charge is -2.29. The Morgan fingerprint density at radius 1 is 1.21 bits per heavy atom. The van der Waals surface area contributed by atoms with Crippen LogP contribution >= 0.6 is 0 Å². The maximum absolute atomic E-state index is 11.1. The number of ether oxygens (including phenoxy) is 1. The zero-order valence-corrected chi connectivity index (χ0v) is 14.2. The quantitative estimate of drug-likeness (QED) is 0.833. The second-order valence-corrected chi connectivity index (χ2v) is 6.52. The van der Waals surface area contributed by atoms with Gasteiger partial charge in [-0.2, -0.15) is 0 Å². The predicted octanol–water partition coefficient (Wildman–Crippen LogP) is 4.07. The molecule has 1 aliphatic rings. The van der Waals surface area contributed by atoms with Crippen molar-refractivity contribution in [3.63, 3.8) is 0 Å². The number of aliphatic carboxylic acids is 1. The number of carboxylic acid groups (broad SMARTS) is 1. The van der Waals surface area contributed by atoms with E-state index in [0.717, 1.165) is 30.7 Å². The highest BCUT2D eigenvalue weighted by atomic mass is 16.5. The van der Waals surface area contributed by atoms with Crippen molar-refractivity contribution < 1.29 is 14.6 Å². The summed E-state index contributed by atoms with van der Waals surface area (Å²) in [5, 5.41) is 11.5. The number of carboxylic acids is 1. The summed E-state index contributed by atoms with van der Waals surface area (Å²) < 4.78 is 5.60. The summed E-state index contributed by atoms with van der Waals surface area (Å²) >= 11 is 0. The number of rotatable bonds is 7. The summed E-state index contributed by atoms with van der Waals surface area (Å²) in [4.78, 5) is 13.4. The van der Waals surface area contributed by atoms with E-state index in [1.165, 1.54) is 23.6 Å². The summed E-state index contributed by atoms with van der Waals surface area (Å²) in [6.45, 7) is 1.33. The summed E-state index contributed by atoms with van der Waals surface area (Å²) in [6, 6.07) is 12.9. The van der Waals surface area contributed by atoms with Crippen molar-refractivity contribution in [3.05, 3.63) is 42.0 Å². The van der Waals surface area contributed by atoms with Gasteiger partial charge in [-0.3, -0.25) is 9.69 Å². The van der Waals surface area contributed by atoms with Crippen LogP contribution in [0.15, 0.2) is 36.4 Å². The van der Waals surface area contributed by atoms with E-state index < -0.39 is 5.97 Å². The summed E-state index contributed by atoms with van der Waals surface area (Å²) in [5.74, 6) is 0.148. The molecule has 2 aromatic rings. The molecule has 0 aromatic heterocycles. The third kappa shape index (κ3) is 3.70. The average molecular weight is 327 g/mol. The Labute approximate surface area is 143 Å². The van der Waals surface area contributed by atoms with Crippen molar-refractivity contribution in [2.45, 2.75) is 44.7 Å². The second-order valence-electron chi connectivity index (χ2n) is 6.52. The highest BCUT2D eigenvalue weighted by molar-refractivity contribution is 5.87. The molecule has 128 valence electrons. The Hall–Kier alpha value is -2.07. The SMILES string of the molecule is COc1ccc2ccccc2c1CN(CCC(=O)O)C1CCCC1. The van der Waals surface area contributed by atoms with E-state index in [9.17, 15) is 4.79 Å². The standard InChI is InChI=1S/C20H25NO3/c1-24-19-11-10-15-6-2-5-9-17(15)18(19)14-21(13-12-20(22)23)16-7-3-4-8-16/h2,5-6,9-11,16H,3-4,7-8,12-14H2,1H3,(H,22,23). The normalized spacial score (nSPS) is 15.2. The highest BCUT2D eigenvalue weighted by Crippen LogP contribution is 2.32. The Balaban J connectivity index is 1.92. The van der Waals surface area contributed by atoms with E-state index in [1.807, 2.05) is 18.2 Å². The van der Waals surface area contributed by atoms with Gasteiger partial charge in [0.1, 0.15) is 5.75 Å². The molecule has 4 heteroatoms. The first-order valence-corrected chi connectivity index (χ1v) is 8.69. The Morgan fingerprint density at radius 3 is 2.67 bits per heavy atom. The minimum absolute atomic E-state index is 0.184. The Bertz CT molecular complexity index is 707. The van der Waals surface area contributed by atoms with Gasteiger partial charge in [0.15, 0.2) is 0 Å². The number of benzene rings is 2. The third-order valence-corrected chi connectivity index (χ3v) is 5.03.